The first-order valence-electron chi connectivity index (χ1n) is 11.5. The fourth-order valence-corrected chi connectivity index (χ4v) is 3.65. The quantitative estimate of drug-likeness (QED) is 0.279. The number of carbonyl (C=O) groups excluding carboxylic acids is 2. The molecule has 180 valence electrons. The van der Waals surface area contributed by atoms with Gasteiger partial charge in [0.05, 0.1) is 12.3 Å². The molecule has 3 aromatic rings. The topological polar surface area (TPSA) is 77.1 Å². The number of anilines is 1. The van der Waals surface area contributed by atoms with Crippen LogP contribution < -0.4 is 24.6 Å². The average Bonchev–Trinajstić information content (AvgIpc) is 3.14. The van der Waals surface area contributed by atoms with Crippen molar-refractivity contribution in [2.24, 2.45) is 0 Å². The Labute approximate surface area is 204 Å². The van der Waals surface area contributed by atoms with Gasteiger partial charge in [-0.25, -0.2) is 5.01 Å². The number of nitrogens with zero attached hydrogens (tertiary/aromatic N) is 1. The van der Waals surface area contributed by atoms with Gasteiger partial charge in [-0.2, -0.15) is 0 Å². The van der Waals surface area contributed by atoms with Gasteiger partial charge in [0.25, 0.3) is 11.8 Å². The van der Waals surface area contributed by atoms with Crippen LogP contribution in [0.25, 0.3) is 6.08 Å². The van der Waals surface area contributed by atoms with Gasteiger partial charge in [-0.3, -0.25) is 15.0 Å². The zero-order chi connectivity index (χ0) is 24.8. The van der Waals surface area contributed by atoms with Crippen molar-refractivity contribution in [2.75, 3.05) is 24.8 Å². The highest BCUT2D eigenvalue weighted by molar-refractivity contribution is 6.31. The molecular weight excluding hydrogens is 444 g/mol. The van der Waals surface area contributed by atoms with Crippen LogP contribution in [0.1, 0.15) is 23.6 Å². The van der Waals surface area contributed by atoms with Crippen molar-refractivity contribution in [3.63, 3.8) is 0 Å². The molecule has 0 spiro atoms. The van der Waals surface area contributed by atoms with E-state index in [1.165, 1.54) is 5.01 Å². The van der Waals surface area contributed by atoms with Crippen LogP contribution >= 0.6 is 0 Å². The number of hydrogen-bond donors (Lipinski definition) is 1. The Hall–Kier alpha value is -4.26. The molecule has 0 atom stereocenters. The molecule has 1 N–H and O–H groups in total. The molecule has 1 aliphatic rings. The predicted octanol–water partition coefficient (Wildman–Crippen LogP) is 4.62. The predicted molar refractivity (Wildman–Crippen MR) is 135 cm³/mol. The summed E-state index contributed by atoms with van der Waals surface area (Å²) in [6.07, 6.45) is 1.55. The van der Waals surface area contributed by atoms with Gasteiger partial charge in [-0.1, -0.05) is 36.4 Å². The number of aryl methyl sites for hydroxylation is 2. The number of carbonyl (C=O) groups is 2. The molecule has 3 aromatic carbocycles. The number of hydrazine groups is 1. The highest BCUT2D eigenvalue weighted by atomic mass is 16.5. The minimum Gasteiger partial charge on any atom is -0.490 e. The van der Waals surface area contributed by atoms with E-state index < -0.39 is 11.8 Å². The Morgan fingerprint density at radius 2 is 1.57 bits per heavy atom. The molecule has 0 saturated carbocycles. The van der Waals surface area contributed by atoms with Crippen LogP contribution in [0.3, 0.4) is 0 Å². The fourth-order valence-electron chi connectivity index (χ4n) is 3.65. The number of benzene rings is 3. The van der Waals surface area contributed by atoms with Crippen molar-refractivity contribution in [3.8, 4) is 17.2 Å². The molecule has 0 radical (unpaired) electrons. The Bertz CT molecular complexity index is 1250. The molecule has 4 rings (SSSR count). The summed E-state index contributed by atoms with van der Waals surface area (Å²) in [5, 5.41) is 1.24. The van der Waals surface area contributed by atoms with Crippen molar-refractivity contribution in [1.29, 1.82) is 0 Å². The van der Waals surface area contributed by atoms with Gasteiger partial charge in [0, 0.05) is 0 Å². The Morgan fingerprint density at radius 3 is 2.31 bits per heavy atom. The molecule has 0 unspecified atom stereocenters. The second kappa shape index (κ2) is 10.8. The van der Waals surface area contributed by atoms with E-state index in [-0.39, 0.29) is 5.57 Å². The van der Waals surface area contributed by atoms with E-state index in [0.717, 1.165) is 16.9 Å². The van der Waals surface area contributed by atoms with Crippen molar-refractivity contribution in [1.82, 2.24) is 5.43 Å². The lowest BCUT2D eigenvalue weighted by Crippen LogP contribution is -2.35. The maximum atomic E-state index is 12.8. The maximum Gasteiger partial charge on any atom is 0.282 e. The third-order valence-corrected chi connectivity index (χ3v) is 5.43. The van der Waals surface area contributed by atoms with E-state index >= 15 is 0 Å². The van der Waals surface area contributed by atoms with Crippen LogP contribution in [0, 0.1) is 13.8 Å². The highest BCUT2D eigenvalue weighted by Gasteiger charge is 2.34. The largest absolute Gasteiger partial charge is 0.490 e. The van der Waals surface area contributed by atoms with Gasteiger partial charge in [0.15, 0.2) is 11.5 Å². The summed E-state index contributed by atoms with van der Waals surface area (Å²) < 4.78 is 17.5. The van der Waals surface area contributed by atoms with Gasteiger partial charge in [-0.15, -0.1) is 0 Å². The standard InChI is InChI=1S/C28H28N2O5/c1-4-33-26-18-21(17-23-27(31)29-30(28(23)32)22-8-6-5-7-9-22)12-13-24(26)34-14-15-35-25-16-19(2)10-11-20(25)3/h5-13,16-18H,4,14-15H2,1-3H3,(H,29,31)/b23-17-. The Morgan fingerprint density at radius 1 is 0.829 bits per heavy atom. The highest BCUT2D eigenvalue weighted by Crippen LogP contribution is 2.30. The van der Waals surface area contributed by atoms with Gasteiger partial charge >= 0.3 is 0 Å². The van der Waals surface area contributed by atoms with Crippen LogP contribution in [0.2, 0.25) is 0 Å². The molecule has 0 bridgehead atoms. The third kappa shape index (κ3) is 5.63. The van der Waals surface area contributed by atoms with Crippen molar-refractivity contribution >= 4 is 23.6 Å². The second-order valence-corrected chi connectivity index (χ2v) is 8.08. The lowest BCUT2D eigenvalue weighted by atomic mass is 10.1. The molecule has 1 heterocycles. The molecule has 35 heavy (non-hydrogen) atoms. The van der Waals surface area contributed by atoms with E-state index in [0.29, 0.717) is 42.6 Å². The zero-order valence-corrected chi connectivity index (χ0v) is 20.0. The molecule has 0 aliphatic carbocycles. The minimum atomic E-state index is -0.458. The van der Waals surface area contributed by atoms with Gasteiger partial charge in [0.2, 0.25) is 0 Å². The number of hydrogen-bond acceptors (Lipinski definition) is 5. The zero-order valence-electron chi connectivity index (χ0n) is 20.0. The summed E-state index contributed by atoms with van der Waals surface area (Å²) in [6, 6.07) is 20.3. The lowest BCUT2D eigenvalue weighted by molar-refractivity contribution is -0.117. The first-order chi connectivity index (χ1) is 17.0. The van der Waals surface area contributed by atoms with Crippen molar-refractivity contribution in [2.45, 2.75) is 20.8 Å². The molecule has 1 aliphatic heterocycles. The number of rotatable bonds is 9. The third-order valence-electron chi connectivity index (χ3n) is 5.43. The van der Waals surface area contributed by atoms with E-state index in [4.69, 9.17) is 14.2 Å². The molecule has 1 saturated heterocycles. The Kier molecular flexibility index (Phi) is 7.35. The van der Waals surface area contributed by atoms with E-state index in [1.807, 2.05) is 45.0 Å². The van der Waals surface area contributed by atoms with E-state index in [1.54, 1.807) is 48.5 Å². The monoisotopic (exact) mass is 472 g/mol. The van der Waals surface area contributed by atoms with E-state index in [9.17, 15) is 9.59 Å². The number of ether oxygens (including phenoxy) is 3. The van der Waals surface area contributed by atoms with E-state index in [2.05, 4.69) is 5.43 Å². The van der Waals surface area contributed by atoms with Crippen LogP contribution in [0.15, 0.2) is 72.3 Å². The summed E-state index contributed by atoms with van der Waals surface area (Å²) in [4.78, 5) is 25.3. The average molecular weight is 473 g/mol. The molecule has 1 fully saturated rings. The van der Waals surface area contributed by atoms with Gasteiger partial charge < -0.3 is 14.2 Å². The maximum absolute atomic E-state index is 12.8. The lowest BCUT2D eigenvalue weighted by Gasteiger charge is -2.14. The van der Waals surface area contributed by atoms with Crippen LogP contribution in [-0.2, 0) is 9.59 Å². The summed E-state index contributed by atoms with van der Waals surface area (Å²) >= 11 is 0. The molecule has 0 aromatic heterocycles. The van der Waals surface area contributed by atoms with Crippen LogP contribution in [-0.4, -0.2) is 31.6 Å². The fraction of sp³-hybridized carbons (Fsp3) is 0.214. The van der Waals surface area contributed by atoms with Crippen molar-refractivity contribution < 1.29 is 23.8 Å². The molecular formula is C28H28N2O5. The summed E-state index contributed by atoms with van der Waals surface area (Å²) in [5.74, 6) is 1.06. The second-order valence-electron chi connectivity index (χ2n) is 8.08. The number of amides is 2. The first kappa shape index (κ1) is 23.9. The Balaban J connectivity index is 1.45. The summed E-state index contributed by atoms with van der Waals surface area (Å²) in [7, 11) is 0. The van der Waals surface area contributed by atoms with Gasteiger partial charge in [-0.05, 0) is 73.9 Å². The first-order valence-corrected chi connectivity index (χ1v) is 11.5. The normalized spacial score (nSPS) is 14.3. The summed E-state index contributed by atoms with van der Waals surface area (Å²) in [6.45, 7) is 7.06. The smallest absolute Gasteiger partial charge is 0.282 e. The molecule has 7 nitrogen and oxygen atoms in total. The van der Waals surface area contributed by atoms with Gasteiger partial charge in [0.1, 0.15) is 24.5 Å². The number of para-hydroxylation sites is 1. The minimum absolute atomic E-state index is 0.0481. The van der Waals surface area contributed by atoms with Crippen LogP contribution in [0.5, 0.6) is 17.2 Å². The molecule has 2 amide bonds. The van der Waals surface area contributed by atoms with Crippen LogP contribution in [0.4, 0.5) is 5.69 Å². The SMILES string of the molecule is CCOc1cc(/C=C2/C(=O)NN(c3ccccc3)C2=O)ccc1OCCOc1cc(C)ccc1C. The number of nitrogens with one attached hydrogen (secondary N) is 1. The van der Waals surface area contributed by atoms with Crippen molar-refractivity contribution in [3.05, 3.63) is 89.0 Å². The summed E-state index contributed by atoms with van der Waals surface area (Å²) in [5.41, 5.74) is 6.10. The molecule has 7 heteroatoms.